The number of carbonyl (C=O) groups is 2. The molecule has 2 aromatic rings. The fraction of sp³-hybridized carbons (Fsp3) is 0.407. The molecule has 1 heterocycles. The van der Waals surface area contributed by atoms with E-state index in [-0.39, 0.29) is 35.5 Å². The molecule has 0 radical (unpaired) electrons. The zero-order valence-electron chi connectivity index (χ0n) is 21.1. The van der Waals surface area contributed by atoms with Crippen molar-refractivity contribution in [3.05, 3.63) is 64.7 Å². The van der Waals surface area contributed by atoms with E-state index in [0.29, 0.717) is 6.54 Å². The monoisotopic (exact) mass is 593 g/mol. The number of allylic oxidation sites excluding steroid dienone is 2. The van der Waals surface area contributed by atoms with Crippen molar-refractivity contribution in [2.75, 3.05) is 14.2 Å². The maximum absolute atomic E-state index is 14.2. The van der Waals surface area contributed by atoms with Gasteiger partial charge in [-0.1, -0.05) is 52.4 Å². The second-order valence-corrected chi connectivity index (χ2v) is 12.2. The van der Waals surface area contributed by atoms with Gasteiger partial charge in [0.2, 0.25) is 11.8 Å². The van der Waals surface area contributed by atoms with Crippen LogP contribution in [0.3, 0.4) is 0 Å². The Hall–Kier alpha value is -2.00. The lowest BCUT2D eigenvalue weighted by Crippen LogP contribution is -2.59. The fourth-order valence-electron chi connectivity index (χ4n) is 4.68. The number of benzene rings is 2. The molecule has 2 N–H and O–H groups in total. The molecule has 4 atom stereocenters. The summed E-state index contributed by atoms with van der Waals surface area (Å²) in [5.74, 6) is 0.450. The van der Waals surface area contributed by atoms with Crippen molar-refractivity contribution >= 4 is 62.7 Å². The molecule has 2 aromatic carbocycles. The Kier molecular flexibility index (Phi) is 9.20. The van der Waals surface area contributed by atoms with E-state index < -0.39 is 16.8 Å². The number of amides is 2. The first-order valence-electron chi connectivity index (χ1n) is 11.7. The summed E-state index contributed by atoms with van der Waals surface area (Å²) in [5.41, 5.74) is 0.950. The number of nitrogens with one attached hydrogen (secondary N) is 2. The highest BCUT2D eigenvalue weighted by molar-refractivity contribution is 9.10. The van der Waals surface area contributed by atoms with Crippen LogP contribution in [-0.2, 0) is 16.1 Å². The number of methoxy groups -OCH3 is 1. The minimum Gasteiger partial charge on any atom is -0.496 e. The van der Waals surface area contributed by atoms with Gasteiger partial charge < -0.3 is 20.3 Å². The van der Waals surface area contributed by atoms with E-state index in [1.54, 1.807) is 32.8 Å². The van der Waals surface area contributed by atoms with E-state index in [4.69, 9.17) is 4.74 Å². The van der Waals surface area contributed by atoms with Crippen LogP contribution in [0.25, 0.3) is 10.8 Å². The number of ether oxygens (including phenoxy) is 1. The van der Waals surface area contributed by atoms with Crippen molar-refractivity contribution in [1.29, 1.82) is 0 Å². The summed E-state index contributed by atoms with van der Waals surface area (Å²) < 4.78 is 6.22. The Morgan fingerprint density at radius 1 is 1.22 bits per heavy atom. The number of nitrogens with zero attached hydrogens (tertiary/aromatic N) is 1. The van der Waals surface area contributed by atoms with Gasteiger partial charge in [-0.05, 0) is 56.8 Å². The third-order valence-electron chi connectivity index (χ3n) is 6.79. The van der Waals surface area contributed by atoms with E-state index in [2.05, 4.69) is 50.8 Å². The van der Waals surface area contributed by atoms with E-state index in [0.717, 1.165) is 26.6 Å². The largest absolute Gasteiger partial charge is 0.496 e. The Morgan fingerprint density at radius 3 is 2.64 bits per heavy atom. The van der Waals surface area contributed by atoms with Crippen LogP contribution >= 0.6 is 40.1 Å². The van der Waals surface area contributed by atoms with Gasteiger partial charge in [-0.25, -0.2) is 0 Å². The number of thioether (sulfide) groups is 1. The first kappa shape index (κ1) is 28.6. The van der Waals surface area contributed by atoms with Crippen molar-refractivity contribution < 1.29 is 14.3 Å². The highest BCUT2D eigenvalue weighted by Crippen LogP contribution is 2.42. The van der Waals surface area contributed by atoms with Gasteiger partial charge in [-0.2, -0.15) is 0 Å². The quantitative estimate of drug-likeness (QED) is 0.501. The van der Waals surface area contributed by atoms with Gasteiger partial charge in [-0.3, -0.25) is 9.59 Å². The summed E-state index contributed by atoms with van der Waals surface area (Å²) in [4.78, 5) is 29.0. The van der Waals surface area contributed by atoms with Crippen LogP contribution in [0.2, 0.25) is 0 Å². The molecule has 0 aromatic heterocycles. The molecule has 0 saturated carbocycles. The van der Waals surface area contributed by atoms with Gasteiger partial charge in [-0.15, -0.1) is 24.2 Å². The molecule has 194 valence electrons. The van der Waals surface area contributed by atoms with Gasteiger partial charge in [0, 0.05) is 20.0 Å². The van der Waals surface area contributed by atoms with Crippen LogP contribution < -0.4 is 15.4 Å². The summed E-state index contributed by atoms with van der Waals surface area (Å²) in [6.07, 6.45) is 8.26. The average Bonchev–Trinajstić information content (AvgIpc) is 2.91. The van der Waals surface area contributed by atoms with Crippen LogP contribution in [0.4, 0.5) is 0 Å². The van der Waals surface area contributed by atoms with E-state index in [1.807, 2.05) is 49.1 Å². The molecule has 0 spiro atoms. The summed E-state index contributed by atoms with van der Waals surface area (Å²) in [6.45, 7) is 6.23. The lowest BCUT2D eigenvalue weighted by atomic mass is 9.97. The maximum atomic E-state index is 14.2. The van der Waals surface area contributed by atoms with Crippen molar-refractivity contribution in [2.45, 2.75) is 55.4 Å². The van der Waals surface area contributed by atoms with Crippen molar-refractivity contribution in [1.82, 2.24) is 15.5 Å². The number of hydrogen-bond acceptors (Lipinski definition) is 5. The predicted octanol–water partition coefficient (Wildman–Crippen LogP) is 4.84. The van der Waals surface area contributed by atoms with Crippen LogP contribution in [0.1, 0.15) is 26.3 Å². The van der Waals surface area contributed by atoms with Crippen molar-refractivity contribution in [3.8, 4) is 5.75 Å². The number of halogens is 2. The second-order valence-electron chi connectivity index (χ2n) is 9.48. The minimum atomic E-state index is -0.682. The first-order valence-corrected chi connectivity index (χ1v) is 13.4. The molecule has 2 amide bonds. The molecule has 4 rings (SSSR count). The predicted molar refractivity (Wildman–Crippen MR) is 154 cm³/mol. The lowest BCUT2D eigenvalue weighted by Gasteiger charge is -2.35. The van der Waals surface area contributed by atoms with Gasteiger partial charge in [0.05, 0.1) is 25.7 Å². The van der Waals surface area contributed by atoms with Gasteiger partial charge in [0.1, 0.15) is 11.8 Å². The third kappa shape index (κ3) is 5.62. The lowest BCUT2D eigenvalue weighted by molar-refractivity contribution is -0.138. The molecule has 1 saturated heterocycles. The molecule has 1 aliphatic carbocycles. The molecular formula is C27H33BrClN3O3S. The topological polar surface area (TPSA) is 70.7 Å². The Bertz CT molecular complexity index is 1200. The second kappa shape index (κ2) is 11.6. The summed E-state index contributed by atoms with van der Waals surface area (Å²) in [6, 6.07) is 8.87. The molecule has 0 bridgehead atoms. The van der Waals surface area contributed by atoms with Gasteiger partial charge in [0.25, 0.3) is 0 Å². The van der Waals surface area contributed by atoms with E-state index >= 15 is 0 Å². The molecule has 6 nitrogen and oxygen atoms in total. The number of rotatable bonds is 6. The number of carbonyl (C=O) groups excluding carboxylic acids is 2. The smallest absolute Gasteiger partial charge is 0.247 e. The normalized spacial score (nSPS) is 23.4. The fourth-order valence-corrected chi connectivity index (χ4v) is 6.60. The molecule has 1 fully saturated rings. The number of fused-ring (bicyclic) bond motifs is 2. The van der Waals surface area contributed by atoms with Gasteiger partial charge in [0.15, 0.2) is 0 Å². The Balaban J connectivity index is 0.00000361. The summed E-state index contributed by atoms with van der Waals surface area (Å²) in [5, 5.41) is 8.18. The van der Waals surface area contributed by atoms with E-state index in [1.165, 1.54) is 0 Å². The molecular weight excluding hydrogens is 562 g/mol. The standard InChI is InChI=1S/C27H32BrN3O3S.ClH/c1-16(29-4)25(32)30-24-26(33)31(21-8-6-7-9-23(21)35-27(24,2)3)15-20-19-12-11-18(28)14-17(19)10-13-22(20)34-5;/h6-14,16,21,23-24,29H,15H2,1-5H3,(H,30,32);1H/t16?,21-,23+,24?;/m1./s1. The Labute approximate surface area is 231 Å². The molecule has 2 unspecified atom stereocenters. The summed E-state index contributed by atoms with van der Waals surface area (Å²) in [7, 11) is 3.39. The van der Waals surface area contributed by atoms with Crippen LogP contribution in [0.15, 0.2) is 59.1 Å². The summed E-state index contributed by atoms with van der Waals surface area (Å²) >= 11 is 5.28. The molecule has 2 aliphatic rings. The maximum Gasteiger partial charge on any atom is 0.247 e. The first-order chi connectivity index (χ1) is 16.7. The number of hydrogen-bond donors (Lipinski definition) is 2. The van der Waals surface area contributed by atoms with Crippen LogP contribution in [0, 0.1) is 0 Å². The van der Waals surface area contributed by atoms with Gasteiger partial charge >= 0.3 is 0 Å². The van der Waals surface area contributed by atoms with E-state index in [9.17, 15) is 9.59 Å². The molecule has 1 aliphatic heterocycles. The molecule has 36 heavy (non-hydrogen) atoms. The highest BCUT2D eigenvalue weighted by Gasteiger charge is 2.48. The zero-order valence-corrected chi connectivity index (χ0v) is 24.3. The van der Waals surface area contributed by atoms with Crippen molar-refractivity contribution in [2.24, 2.45) is 0 Å². The minimum absolute atomic E-state index is 0. The third-order valence-corrected chi connectivity index (χ3v) is 8.84. The Morgan fingerprint density at radius 2 is 1.94 bits per heavy atom. The van der Waals surface area contributed by atoms with Crippen LogP contribution in [-0.4, -0.2) is 59.0 Å². The highest BCUT2D eigenvalue weighted by atomic mass is 79.9. The average molecular weight is 595 g/mol. The van der Waals surface area contributed by atoms with Crippen LogP contribution in [0.5, 0.6) is 5.75 Å². The van der Waals surface area contributed by atoms with Crippen molar-refractivity contribution in [3.63, 3.8) is 0 Å². The zero-order chi connectivity index (χ0) is 25.3. The molecule has 9 heteroatoms. The number of likely N-dealkylation sites (N-methyl/N-ethyl adjacent to an activating group) is 1. The SMILES string of the molecule is CNC(C)C(=O)NC1C(=O)N(Cc2c(OC)ccc3cc(Br)ccc23)[C@@H]2C=CC=C[C@@H]2SC1(C)C.Cl.